The fourth-order valence-electron chi connectivity index (χ4n) is 6.73. The Morgan fingerprint density at radius 1 is 0.556 bits per heavy atom. The van der Waals surface area contributed by atoms with Gasteiger partial charge >= 0.3 is 0 Å². The molecule has 5 aromatic carbocycles. The van der Waals surface area contributed by atoms with Gasteiger partial charge in [0, 0.05) is 0 Å². The van der Waals surface area contributed by atoms with Gasteiger partial charge in [-0.1, -0.05) is 122 Å². The Balaban J connectivity index is 1.51. The first-order valence-corrected chi connectivity index (χ1v) is 13.2. The molecule has 2 aliphatic carbocycles. The molecule has 0 nitrogen and oxygen atoms in total. The summed E-state index contributed by atoms with van der Waals surface area (Å²) in [7, 11) is 0. The fourth-order valence-corrected chi connectivity index (χ4v) is 6.73. The van der Waals surface area contributed by atoms with Crippen LogP contribution in [0.4, 0.5) is 0 Å². The van der Waals surface area contributed by atoms with Crippen LogP contribution in [0.5, 0.6) is 0 Å². The summed E-state index contributed by atoms with van der Waals surface area (Å²) in [5.41, 5.74) is 16.6. The molecule has 0 amide bonds. The van der Waals surface area contributed by atoms with E-state index >= 15 is 0 Å². The highest BCUT2D eigenvalue weighted by Gasteiger charge is 2.49. The molecule has 0 heteroatoms. The third-order valence-corrected chi connectivity index (χ3v) is 8.42. The van der Waals surface area contributed by atoms with Gasteiger partial charge in [0.05, 0.1) is 5.41 Å². The van der Waals surface area contributed by atoms with Crippen LogP contribution >= 0.6 is 0 Å². The summed E-state index contributed by atoms with van der Waals surface area (Å²) in [5, 5.41) is 0. The summed E-state index contributed by atoms with van der Waals surface area (Å²) in [5.74, 6) is 0. The van der Waals surface area contributed by atoms with Crippen molar-refractivity contribution < 1.29 is 0 Å². The Morgan fingerprint density at radius 2 is 1.11 bits per heavy atom. The first-order valence-electron chi connectivity index (χ1n) is 13.2. The van der Waals surface area contributed by atoms with E-state index in [0.29, 0.717) is 0 Å². The Kier molecular flexibility index (Phi) is 4.79. The van der Waals surface area contributed by atoms with Crippen LogP contribution in [-0.4, -0.2) is 0 Å². The molecule has 0 fully saturated rings. The summed E-state index contributed by atoms with van der Waals surface area (Å²) in [6, 6.07) is 41.7. The smallest absolute Gasteiger partial charge is 0.0620 e. The molecule has 174 valence electrons. The summed E-state index contributed by atoms with van der Waals surface area (Å²) >= 11 is 0. The van der Waals surface area contributed by atoms with Gasteiger partial charge in [0.15, 0.2) is 0 Å². The standard InChI is InChI=1S/C36H30/c1-3-25-13-15-26(16-14-25)21-27-17-19-31-30-18-12-24(2)20-34(30)36(35(31)22-27)32-10-6-4-8-28(32)23-29-9-5-7-11-33(29)36/h4-20,22H,3,21,23H2,1-2H3. The summed E-state index contributed by atoms with van der Waals surface area (Å²) in [6.45, 7) is 4.44. The topological polar surface area (TPSA) is 0 Å². The van der Waals surface area contributed by atoms with E-state index < -0.39 is 0 Å². The van der Waals surface area contributed by atoms with Crippen LogP contribution in [0.2, 0.25) is 0 Å². The molecule has 2 aliphatic rings. The lowest BCUT2D eigenvalue weighted by Crippen LogP contribution is -2.34. The Labute approximate surface area is 214 Å². The first kappa shape index (κ1) is 21.4. The molecule has 0 heterocycles. The quantitative estimate of drug-likeness (QED) is 0.247. The van der Waals surface area contributed by atoms with Crippen molar-refractivity contribution in [1.29, 1.82) is 0 Å². The molecule has 0 aromatic heterocycles. The van der Waals surface area contributed by atoms with Crippen LogP contribution in [0.3, 0.4) is 0 Å². The molecule has 0 N–H and O–H groups in total. The minimum atomic E-state index is -0.274. The molecule has 1 spiro atoms. The second-order valence-corrected chi connectivity index (χ2v) is 10.5. The third-order valence-electron chi connectivity index (χ3n) is 8.42. The van der Waals surface area contributed by atoms with E-state index in [1.807, 2.05) is 0 Å². The van der Waals surface area contributed by atoms with Crippen molar-refractivity contribution in [2.45, 2.75) is 38.5 Å². The van der Waals surface area contributed by atoms with Crippen LogP contribution in [0.25, 0.3) is 11.1 Å². The molecular formula is C36H30. The molecule has 0 atom stereocenters. The number of rotatable bonds is 3. The maximum Gasteiger partial charge on any atom is 0.0719 e. The number of hydrogen-bond donors (Lipinski definition) is 0. The Hall–Kier alpha value is -3.90. The van der Waals surface area contributed by atoms with Crippen molar-refractivity contribution in [3.8, 4) is 11.1 Å². The van der Waals surface area contributed by atoms with Crippen molar-refractivity contribution >= 4 is 0 Å². The van der Waals surface area contributed by atoms with E-state index in [1.54, 1.807) is 0 Å². The molecule has 5 aromatic rings. The predicted molar refractivity (Wildman–Crippen MR) is 150 cm³/mol. The largest absolute Gasteiger partial charge is 0.0719 e. The molecular weight excluding hydrogens is 432 g/mol. The van der Waals surface area contributed by atoms with E-state index in [4.69, 9.17) is 0 Å². The normalized spacial score (nSPS) is 14.2. The second kappa shape index (κ2) is 8.07. The summed E-state index contributed by atoms with van der Waals surface area (Å²) in [4.78, 5) is 0. The van der Waals surface area contributed by atoms with Crippen LogP contribution in [0.1, 0.15) is 62.6 Å². The van der Waals surface area contributed by atoms with Gasteiger partial charge in [0.1, 0.15) is 0 Å². The lowest BCUT2D eigenvalue weighted by atomic mass is 9.61. The van der Waals surface area contributed by atoms with Crippen LogP contribution in [0, 0.1) is 6.92 Å². The molecule has 0 bridgehead atoms. The zero-order chi connectivity index (χ0) is 24.3. The van der Waals surface area contributed by atoms with Crippen molar-refractivity contribution in [2.75, 3.05) is 0 Å². The van der Waals surface area contributed by atoms with Gasteiger partial charge < -0.3 is 0 Å². The lowest BCUT2D eigenvalue weighted by molar-refractivity contribution is 0.720. The number of fused-ring (bicyclic) bond motifs is 9. The SMILES string of the molecule is CCc1ccc(Cc2ccc3c(c2)C2(c4ccccc4Cc4ccccc42)c2cc(C)ccc2-3)cc1. The molecule has 7 rings (SSSR count). The zero-order valence-electron chi connectivity index (χ0n) is 21.0. The first-order chi connectivity index (χ1) is 17.7. The van der Waals surface area contributed by atoms with Crippen LogP contribution in [-0.2, 0) is 24.7 Å². The van der Waals surface area contributed by atoms with Crippen LogP contribution in [0.15, 0.2) is 109 Å². The minimum absolute atomic E-state index is 0.274. The maximum absolute atomic E-state index is 2.51. The lowest BCUT2D eigenvalue weighted by Gasteiger charge is -2.40. The monoisotopic (exact) mass is 462 g/mol. The van der Waals surface area contributed by atoms with Gasteiger partial charge in [-0.2, -0.15) is 0 Å². The minimum Gasteiger partial charge on any atom is -0.0620 e. The Bertz CT molecular complexity index is 1570. The molecule has 0 saturated carbocycles. The van der Waals surface area contributed by atoms with Gasteiger partial charge in [-0.05, 0) is 87.4 Å². The molecule has 0 aliphatic heterocycles. The van der Waals surface area contributed by atoms with E-state index in [2.05, 4.69) is 123 Å². The molecule has 0 saturated heterocycles. The van der Waals surface area contributed by atoms with E-state index in [0.717, 1.165) is 19.3 Å². The van der Waals surface area contributed by atoms with E-state index in [9.17, 15) is 0 Å². The third kappa shape index (κ3) is 3.00. The zero-order valence-corrected chi connectivity index (χ0v) is 21.0. The van der Waals surface area contributed by atoms with Crippen molar-refractivity contribution in [2.24, 2.45) is 0 Å². The fraction of sp³-hybridized carbons (Fsp3) is 0.167. The molecule has 0 unspecified atom stereocenters. The van der Waals surface area contributed by atoms with Gasteiger partial charge in [0.2, 0.25) is 0 Å². The number of aryl methyl sites for hydroxylation is 2. The summed E-state index contributed by atoms with van der Waals surface area (Å²) < 4.78 is 0. The van der Waals surface area contributed by atoms with Crippen molar-refractivity contribution in [3.05, 3.63) is 165 Å². The maximum atomic E-state index is 2.51. The highest BCUT2D eigenvalue weighted by atomic mass is 14.5. The predicted octanol–water partition coefficient (Wildman–Crippen LogP) is 8.42. The van der Waals surface area contributed by atoms with E-state index in [-0.39, 0.29) is 5.41 Å². The molecule has 0 radical (unpaired) electrons. The van der Waals surface area contributed by atoms with Crippen LogP contribution < -0.4 is 0 Å². The Morgan fingerprint density at radius 3 is 1.78 bits per heavy atom. The highest BCUT2D eigenvalue weighted by Crippen LogP contribution is 2.59. The van der Waals surface area contributed by atoms with Gasteiger partial charge in [-0.25, -0.2) is 0 Å². The van der Waals surface area contributed by atoms with Gasteiger partial charge in [0.25, 0.3) is 0 Å². The van der Waals surface area contributed by atoms with Crippen molar-refractivity contribution in [3.63, 3.8) is 0 Å². The van der Waals surface area contributed by atoms with Gasteiger partial charge in [-0.3, -0.25) is 0 Å². The van der Waals surface area contributed by atoms with Crippen molar-refractivity contribution in [1.82, 2.24) is 0 Å². The van der Waals surface area contributed by atoms with E-state index in [1.165, 1.54) is 66.8 Å². The summed E-state index contributed by atoms with van der Waals surface area (Å²) in [6.07, 6.45) is 3.03. The molecule has 36 heavy (non-hydrogen) atoms. The number of benzene rings is 5. The highest BCUT2D eigenvalue weighted by molar-refractivity contribution is 5.88. The van der Waals surface area contributed by atoms with Gasteiger partial charge in [-0.15, -0.1) is 0 Å². The average Bonchev–Trinajstić information content (AvgIpc) is 3.19. The second-order valence-electron chi connectivity index (χ2n) is 10.5. The number of hydrogen-bond acceptors (Lipinski definition) is 0. The average molecular weight is 463 g/mol.